The van der Waals surface area contributed by atoms with Crippen molar-refractivity contribution in [2.24, 2.45) is 0 Å². The lowest BCUT2D eigenvalue weighted by Gasteiger charge is -2.27. The smallest absolute Gasteiger partial charge is 0.335 e. The van der Waals surface area contributed by atoms with Gasteiger partial charge in [0.05, 0.1) is 5.56 Å². The lowest BCUT2D eigenvalue weighted by molar-refractivity contribution is 0.0696. The summed E-state index contributed by atoms with van der Waals surface area (Å²) in [4.78, 5) is 10.7. The SMILES string of the molecule is CCCC(C)(C)Nc1c(F)cc(C(=O)O)cc1F. The number of hydrogen-bond donors (Lipinski definition) is 2. The van der Waals surface area contributed by atoms with E-state index in [1.54, 1.807) is 0 Å². The molecule has 3 nitrogen and oxygen atoms in total. The van der Waals surface area contributed by atoms with Crippen molar-refractivity contribution < 1.29 is 18.7 Å². The third kappa shape index (κ3) is 3.42. The fourth-order valence-corrected chi connectivity index (χ4v) is 1.84. The molecule has 0 radical (unpaired) electrons. The van der Waals surface area contributed by atoms with Crippen LogP contribution in [0.3, 0.4) is 0 Å². The summed E-state index contributed by atoms with van der Waals surface area (Å²) in [6, 6.07) is 1.63. The maximum Gasteiger partial charge on any atom is 0.335 e. The highest BCUT2D eigenvalue weighted by molar-refractivity contribution is 5.88. The van der Waals surface area contributed by atoms with Gasteiger partial charge in [-0.1, -0.05) is 13.3 Å². The molecule has 0 aliphatic rings. The zero-order chi connectivity index (χ0) is 13.9. The van der Waals surface area contributed by atoms with E-state index in [9.17, 15) is 13.6 Å². The van der Waals surface area contributed by atoms with Gasteiger partial charge in [-0.3, -0.25) is 0 Å². The van der Waals surface area contributed by atoms with Gasteiger partial charge in [-0.15, -0.1) is 0 Å². The number of carboxylic acid groups (broad SMARTS) is 1. The van der Waals surface area contributed by atoms with Gasteiger partial charge in [0.1, 0.15) is 17.3 Å². The van der Waals surface area contributed by atoms with Crippen molar-refractivity contribution in [1.82, 2.24) is 0 Å². The number of carboxylic acids is 1. The Morgan fingerprint density at radius 2 is 1.83 bits per heavy atom. The summed E-state index contributed by atoms with van der Waals surface area (Å²) >= 11 is 0. The minimum atomic E-state index is -1.35. The number of aromatic carboxylic acids is 1. The summed E-state index contributed by atoms with van der Waals surface area (Å²) < 4.78 is 27.4. The van der Waals surface area contributed by atoms with Gasteiger partial charge in [0.15, 0.2) is 0 Å². The monoisotopic (exact) mass is 257 g/mol. The highest BCUT2D eigenvalue weighted by Gasteiger charge is 2.22. The highest BCUT2D eigenvalue weighted by atomic mass is 19.1. The van der Waals surface area contributed by atoms with Gasteiger partial charge in [-0.25, -0.2) is 13.6 Å². The summed E-state index contributed by atoms with van der Waals surface area (Å²) in [6.07, 6.45) is 1.61. The Labute approximate surface area is 105 Å². The summed E-state index contributed by atoms with van der Waals surface area (Å²) in [7, 11) is 0. The molecule has 18 heavy (non-hydrogen) atoms. The summed E-state index contributed by atoms with van der Waals surface area (Å²) in [6.45, 7) is 5.64. The van der Waals surface area contributed by atoms with Crippen LogP contribution in [0.4, 0.5) is 14.5 Å². The predicted molar refractivity (Wildman–Crippen MR) is 65.9 cm³/mol. The summed E-state index contributed by atoms with van der Waals surface area (Å²) in [5, 5.41) is 11.5. The van der Waals surface area contributed by atoms with Gasteiger partial charge in [0.25, 0.3) is 0 Å². The molecular formula is C13H17F2NO2. The summed E-state index contributed by atoms with van der Waals surface area (Å²) in [5.41, 5.74) is -1.14. The molecule has 0 spiro atoms. The third-order valence-electron chi connectivity index (χ3n) is 2.63. The Balaban J connectivity index is 3.08. The molecular weight excluding hydrogens is 240 g/mol. The molecule has 5 heteroatoms. The van der Waals surface area contributed by atoms with E-state index in [1.165, 1.54) is 0 Å². The topological polar surface area (TPSA) is 49.3 Å². The van der Waals surface area contributed by atoms with Gasteiger partial charge in [-0.05, 0) is 32.4 Å². The van der Waals surface area contributed by atoms with Crippen molar-refractivity contribution in [3.8, 4) is 0 Å². The van der Waals surface area contributed by atoms with E-state index in [0.29, 0.717) is 0 Å². The van der Waals surface area contributed by atoms with E-state index in [-0.39, 0.29) is 5.69 Å². The first-order chi connectivity index (χ1) is 8.26. The number of halogens is 2. The van der Waals surface area contributed by atoms with E-state index in [2.05, 4.69) is 5.32 Å². The Morgan fingerprint density at radius 3 is 2.22 bits per heavy atom. The maximum absolute atomic E-state index is 13.7. The molecule has 0 aromatic heterocycles. The molecule has 0 amide bonds. The first-order valence-corrected chi connectivity index (χ1v) is 5.77. The Bertz CT molecular complexity index is 435. The number of carbonyl (C=O) groups is 1. The zero-order valence-electron chi connectivity index (χ0n) is 10.7. The average molecular weight is 257 g/mol. The van der Waals surface area contributed by atoms with Crippen molar-refractivity contribution in [3.05, 3.63) is 29.3 Å². The van der Waals surface area contributed by atoms with Crippen molar-refractivity contribution in [2.45, 2.75) is 39.2 Å². The first kappa shape index (κ1) is 14.4. The highest BCUT2D eigenvalue weighted by Crippen LogP contribution is 2.26. The number of rotatable bonds is 5. The molecule has 0 fully saturated rings. The van der Waals surface area contributed by atoms with Gasteiger partial charge in [0, 0.05) is 5.54 Å². The first-order valence-electron chi connectivity index (χ1n) is 5.77. The second-order valence-electron chi connectivity index (χ2n) is 4.88. The van der Waals surface area contributed by atoms with Crippen molar-refractivity contribution in [3.63, 3.8) is 0 Å². The van der Waals surface area contributed by atoms with Crippen LogP contribution >= 0.6 is 0 Å². The number of anilines is 1. The second-order valence-corrected chi connectivity index (χ2v) is 4.88. The molecule has 0 unspecified atom stereocenters. The largest absolute Gasteiger partial charge is 0.478 e. The van der Waals surface area contributed by atoms with Crippen molar-refractivity contribution in [1.29, 1.82) is 0 Å². The molecule has 1 aromatic carbocycles. The van der Waals surface area contributed by atoms with E-state index in [4.69, 9.17) is 5.11 Å². The fourth-order valence-electron chi connectivity index (χ4n) is 1.84. The van der Waals surface area contributed by atoms with E-state index in [0.717, 1.165) is 25.0 Å². The van der Waals surface area contributed by atoms with Crippen LogP contribution in [0.5, 0.6) is 0 Å². The molecule has 0 saturated heterocycles. The fraction of sp³-hybridized carbons (Fsp3) is 0.462. The van der Waals surface area contributed by atoms with Crippen LogP contribution < -0.4 is 5.32 Å². The van der Waals surface area contributed by atoms with Gasteiger partial charge < -0.3 is 10.4 Å². The number of hydrogen-bond acceptors (Lipinski definition) is 2. The molecule has 0 atom stereocenters. The van der Waals surface area contributed by atoms with Crippen LogP contribution in [-0.2, 0) is 0 Å². The standard InChI is InChI=1S/C13H17F2NO2/c1-4-5-13(2,3)16-11-9(14)6-8(12(17)18)7-10(11)15/h6-7,16H,4-5H2,1-3H3,(H,17,18). The Hall–Kier alpha value is -1.65. The van der Waals surface area contributed by atoms with Crippen LogP contribution in [0.25, 0.3) is 0 Å². The van der Waals surface area contributed by atoms with Crippen LogP contribution in [0.15, 0.2) is 12.1 Å². The average Bonchev–Trinajstić information content (AvgIpc) is 2.22. The van der Waals surface area contributed by atoms with E-state index >= 15 is 0 Å². The third-order valence-corrected chi connectivity index (χ3v) is 2.63. The van der Waals surface area contributed by atoms with Crippen molar-refractivity contribution >= 4 is 11.7 Å². The quantitative estimate of drug-likeness (QED) is 0.846. The molecule has 2 N–H and O–H groups in total. The predicted octanol–water partition coefficient (Wildman–Crippen LogP) is 3.65. The molecule has 0 heterocycles. The molecule has 0 aliphatic heterocycles. The zero-order valence-corrected chi connectivity index (χ0v) is 10.7. The number of nitrogens with one attached hydrogen (secondary N) is 1. The molecule has 0 aliphatic carbocycles. The van der Waals surface area contributed by atoms with Crippen LogP contribution in [0.1, 0.15) is 44.0 Å². The molecule has 100 valence electrons. The van der Waals surface area contributed by atoms with E-state index in [1.807, 2.05) is 20.8 Å². The lowest BCUT2D eigenvalue weighted by atomic mass is 9.98. The number of benzene rings is 1. The lowest BCUT2D eigenvalue weighted by Crippen LogP contribution is -2.31. The summed E-state index contributed by atoms with van der Waals surface area (Å²) in [5.74, 6) is -3.14. The second kappa shape index (κ2) is 5.33. The Morgan fingerprint density at radius 1 is 1.33 bits per heavy atom. The van der Waals surface area contributed by atoms with Gasteiger partial charge in [-0.2, -0.15) is 0 Å². The Kier molecular flexibility index (Phi) is 4.27. The van der Waals surface area contributed by atoms with E-state index < -0.39 is 28.7 Å². The van der Waals surface area contributed by atoms with Gasteiger partial charge >= 0.3 is 5.97 Å². The van der Waals surface area contributed by atoms with Gasteiger partial charge in [0.2, 0.25) is 0 Å². The molecule has 0 bridgehead atoms. The minimum Gasteiger partial charge on any atom is -0.478 e. The molecule has 0 saturated carbocycles. The van der Waals surface area contributed by atoms with Crippen molar-refractivity contribution in [2.75, 3.05) is 5.32 Å². The van der Waals surface area contributed by atoms with Crippen LogP contribution in [0, 0.1) is 11.6 Å². The molecule has 1 aromatic rings. The molecule has 1 rings (SSSR count). The van der Waals surface area contributed by atoms with Crippen LogP contribution in [-0.4, -0.2) is 16.6 Å². The normalized spacial score (nSPS) is 11.4. The minimum absolute atomic E-state index is 0.279. The van der Waals surface area contributed by atoms with Crippen LogP contribution in [0.2, 0.25) is 0 Å². The maximum atomic E-state index is 13.7.